The molecule has 5 heteroatoms. The monoisotopic (exact) mass is 253 g/mol. The van der Waals surface area contributed by atoms with Crippen LogP contribution in [0.2, 0.25) is 0 Å². The van der Waals surface area contributed by atoms with Gasteiger partial charge < -0.3 is 14.4 Å². The summed E-state index contributed by atoms with van der Waals surface area (Å²) >= 11 is 0. The summed E-state index contributed by atoms with van der Waals surface area (Å²) in [6.45, 7) is 2.31. The molecule has 1 rings (SSSR count). The molecular formula is C13H19NO4. The van der Waals surface area contributed by atoms with Crippen molar-refractivity contribution in [3.05, 3.63) is 23.7 Å². The summed E-state index contributed by atoms with van der Waals surface area (Å²) < 4.78 is 5.39. The van der Waals surface area contributed by atoms with E-state index in [-0.39, 0.29) is 12.3 Å². The van der Waals surface area contributed by atoms with E-state index in [0.717, 1.165) is 11.5 Å². The molecule has 5 nitrogen and oxygen atoms in total. The fraction of sp³-hybridized carbons (Fsp3) is 0.538. The van der Waals surface area contributed by atoms with Crippen molar-refractivity contribution in [1.29, 1.82) is 0 Å². The van der Waals surface area contributed by atoms with Gasteiger partial charge in [0, 0.05) is 19.9 Å². The number of furan rings is 1. The van der Waals surface area contributed by atoms with Gasteiger partial charge in [-0.15, -0.1) is 0 Å². The molecule has 0 atom stereocenters. The molecule has 18 heavy (non-hydrogen) atoms. The van der Waals surface area contributed by atoms with E-state index in [2.05, 4.69) is 0 Å². The molecule has 0 saturated carbocycles. The van der Waals surface area contributed by atoms with E-state index < -0.39 is 5.97 Å². The van der Waals surface area contributed by atoms with E-state index in [0.29, 0.717) is 25.8 Å². The topological polar surface area (TPSA) is 70.8 Å². The summed E-state index contributed by atoms with van der Waals surface area (Å²) in [7, 11) is 1.72. The second kappa shape index (κ2) is 6.83. The molecule has 1 aromatic heterocycles. The van der Waals surface area contributed by atoms with Crippen LogP contribution in [0.15, 0.2) is 16.5 Å². The average Bonchev–Trinajstić information content (AvgIpc) is 2.69. The molecule has 0 radical (unpaired) electrons. The maximum Gasteiger partial charge on any atom is 0.303 e. The molecule has 0 spiro atoms. The molecule has 0 saturated heterocycles. The summed E-state index contributed by atoms with van der Waals surface area (Å²) in [6, 6.07) is 3.71. The van der Waals surface area contributed by atoms with E-state index in [4.69, 9.17) is 9.52 Å². The molecule has 100 valence electrons. The zero-order chi connectivity index (χ0) is 13.5. The van der Waals surface area contributed by atoms with Crippen molar-refractivity contribution in [2.75, 3.05) is 7.05 Å². The summed E-state index contributed by atoms with van der Waals surface area (Å²) in [5.41, 5.74) is 0. The van der Waals surface area contributed by atoms with E-state index in [9.17, 15) is 9.59 Å². The lowest BCUT2D eigenvalue weighted by Gasteiger charge is -2.15. The quantitative estimate of drug-likeness (QED) is 0.756. The zero-order valence-electron chi connectivity index (χ0n) is 10.8. The standard InChI is InChI=1S/C13H19NO4/c1-10-7-8-11(18-10)9-14(2)12(15)5-3-4-6-13(16)17/h7-8H,3-6,9H2,1-2H3,(H,16,17). The van der Waals surface area contributed by atoms with Gasteiger partial charge in [0.15, 0.2) is 0 Å². The highest BCUT2D eigenvalue weighted by atomic mass is 16.4. The molecule has 1 amide bonds. The van der Waals surface area contributed by atoms with Crippen LogP contribution >= 0.6 is 0 Å². The number of hydrogen-bond donors (Lipinski definition) is 1. The van der Waals surface area contributed by atoms with Crippen LogP contribution in [0.1, 0.15) is 37.2 Å². The van der Waals surface area contributed by atoms with E-state index in [1.165, 1.54) is 0 Å². The first-order valence-corrected chi connectivity index (χ1v) is 6.00. The molecule has 0 bridgehead atoms. The Morgan fingerprint density at radius 2 is 1.94 bits per heavy atom. The van der Waals surface area contributed by atoms with Crippen molar-refractivity contribution in [3.8, 4) is 0 Å². The van der Waals surface area contributed by atoms with Crippen LogP contribution in [0.5, 0.6) is 0 Å². The first-order chi connectivity index (χ1) is 8.49. The first kappa shape index (κ1) is 14.3. The molecule has 0 aliphatic rings. The summed E-state index contributed by atoms with van der Waals surface area (Å²) in [4.78, 5) is 23.6. The van der Waals surface area contributed by atoms with E-state index in [1.807, 2.05) is 19.1 Å². The molecule has 0 aliphatic carbocycles. The molecule has 0 aromatic carbocycles. The predicted molar refractivity (Wildman–Crippen MR) is 66.0 cm³/mol. The Morgan fingerprint density at radius 3 is 2.50 bits per heavy atom. The van der Waals surface area contributed by atoms with Gasteiger partial charge in [-0.25, -0.2) is 0 Å². The Labute approximate surface area is 106 Å². The van der Waals surface area contributed by atoms with E-state index >= 15 is 0 Å². The molecule has 1 aromatic rings. The van der Waals surface area contributed by atoms with Gasteiger partial charge in [0.05, 0.1) is 6.54 Å². The van der Waals surface area contributed by atoms with Crippen LogP contribution in [0.3, 0.4) is 0 Å². The molecule has 0 fully saturated rings. The number of amides is 1. The Hall–Kier alpha value is -1.78. The van der Waals surface area contributed by atoms with Crippen LogP contribution in [0, 0.1) is 6.92 Å². The fourth-order valence-corrected chi connectivity index (χ4v) is 1.64. The highest BCUT2D eigenvalue weighted by Crippen LogP contribution is 2.10. The van der Waals surface area contributed by atoms with Crippen molar-refractivity contribution in [2.45, 2.75) is 39.2 Å². The van der Waals surface area contributed by atoms with Gasteiger partial charge in [-0.3, -0.25) is 9.59 Å². The van der Waals surface area contributed by atoms with Crippen LogP contribution in [-0.2, 0) is 16.1 Å². The van der Waals surface area contributed by atoms with Gasteiger partial charge in [0.1, 0.15) is 11.5 Å². The number of carboxylic acid groups (broad SMARTS) is 1. The van der Waals surface area contributed by atoms with Crippen molar-refractivity contribution < 1.29 is 19.1 Å². The van der Waals surface area contributed by atoms with Gasteiger partial charge in [-0.05, 0) is 31.9 Å². The highest BCUT2D eigenvalue weighted by molar-refractivity contribution is 5.75. The van der Waals surface area contributed by atoms with Crippen LogP contribution < -0.4 is 0 Å². The first-order valence-electron chi connectivity index (χ1n) is 6.00. The molecular weight excluding hydrogens is 234 g/mol. The number of aliphatic carboxylic acids is 1. The zero-order valence-corrected chi connectivity index (χ0v) is 10.8. The third-order valence-corrected chi connectivity index (χ3v) is 2.65. The van der Waals surface area contributed by atoms with Crippen LogP contribution in [0.4, 0.5) is 0 Å². The van der Waals surface area contributed by atoms with Crippen molar-refractivity contribution in [3.63, 3.8) is 0 Å². The maximum atomic E-state index is 11.7. The maximum absolute atomic E-state index is 11.7. The average molecular weight is 253 g/mol. The summed E-state index contributed by atoms with van der Waals surface area (Å²) in [6.07, 6.45) is 1.64. The summed E-state index contributed by atoms with van der Waals surface area (Å²) in [5.74, 6) is 0.775. The number of carbonyl (C=O) groups is 2. The Kier molecular flexibility index (Phi) is 5.42. The number of nitrogens with zero attached hydrogens (tertiary/aromatic N) is 1. The van der Waals surface area contributed by atoms with Gasteiger partial charge in [0.2, 0.25) is 5.91 Å². The lowest BCUT2D eigenvalue weighted by molar-refractivity contribution is -0.137. The molecule has 1 heterocycles. The predicted octanol–water partition coefficient (Wildman–Crippen LogP) is 2.19. The molecule has 0 aliphatic heterocycles. The Balaban J connectivity index is 2.26. The molecule has 0 unspecified atom stereocenters. The smallest absolute Gasteiger partial charge is 0.303 e. The lowest BCUT2D eigenvalue weighted by Crippen LogP contribution is -2.25. The number of aryl methyl sites for hydroxylation is 1. The van der Waals surface area contributed by atoms with E-state index in [1.54, 1.807) is 11.9 Å². The highest BCUT2D eigenvalue weighted by Gasteiger charge is 2.11. The molecule has 1 N–H and O–H groups in total. The third kappa shape index (κ3) is 5.03. The van der Waals surface area contributed by atoms with Crippen molar-refractivity contribution in [2.24, 2.45) is 0 Å². The van der Waals surface area contributed by atoms with Gasteiger partial charge in [-0.2, -0.15) is 0 Å². The minimum Gasteiger partial charge on any atom is -0.481 e. The normalized spacial score (nSPS) is 10.3. The fourth-order valence-electron chi connectivity index (χ4n) is 1.64. The van der Waals surface area contributed by atoms with Gasteiger partial charge in [-0.1, -0.05) is 0 Å². The Morgan fingerprint density at radius 1 is 1.28 bits per heavy atom. The second-order valence-electron chi connectivity index (χ2n) is 4.36. The van der Waals surface area contributed by atoms with Crippen LogP contribution in [0.25, 0.3) is 0 Å². The number of carbonyl (C=O) groups excluding carboxylic acids is 1. The van der Waals surface area contributed by atoms with Crippen LogP contribution in [-0.4, -0.2) is 28.9 Å². The number of rotatable bonds is 7. The number of carboxylic acids is 1. The minimum atomic E-state index is -0.818. The lowest BCUT2D eigenvalue weighted by atomic mass is 10.2. The number of unbranched alkanes of at least 4 members (excludes halogenated alkanes) is 1. The van der Waals surface area contributed by atoms with Gasteiger partial charge >= 0.3 is 5.97 Å². The van der Waals surface area contributed by atoms with Crippen molar-refractivity contribution >= 4 is 11.9 Å². The second-order valence-corrected chi connectivity index (χ2v) is 4.36. The SMILES string of the molecule is Cc1ccc(CN(C)C(=O)CCCCC(=O)O)o1. The third-order valence-electron chi connectivity index (χ3n) is 2.65. The van der Waals surface area contributed by atoms with Crippen molar-refractivity contribution in [1.82, 2.24) is 4.90 Å². The number of hydrogen-bond acceptors (Lipinski definition) is 3. The minimum absolute atomic E-state index is 0.00874. The Bertz CT molecular complexity index is 411. The van der Waals surface area contributed by atoms with Gasteiger partial charge in [0.25, 0.3) is 0 Å². The summed E-state index contributed by atoms with van der Waals surface area (Å²) in [5, 5.41) is 8.48. The largest absolute Gasteiger partial charge is 0.481 e.